The highest BCUT2D eigenvalue weighted by atomic mass is 35.5. The van der Waals surface area contributed by atoms with E-state index in [0.29, 0.717) is 11.8 Å². The molecule has 1 amide bonds. The molecule has 0 aromatic heterocycles. The van der Waals surface area contributed by atoms with Crippen molar-refractivity contribution in [3.8, 4) is 0 Å². The minimum absolute atomic E-state index is 0.0819. The molecule has 1 aliphatic heterocycles. The van der Waals surface area contributed by atoms with Crippen LogP contribution in [0.3, 0.4) is 0 Å². The number of carbonyl (C=O) groups is 1. The number of halogens is 1. The van der Waals surface area contributed by atoms with Crippen molar-refractivity contribution in [1.82, 2.24) is 4.90 Å². The van der Waals surface area contributed by atoms with E-state index in [-0.39, 0.29) is 11.3 Å². The molecule has 0 bridgehead atoms. The van der Waals surface area contributed by atoms with E-state index >= 15 is 0 Å². The highest BCUT2D eigenvalue weighted by Crippen LogP contribution is 2.40. The second-order valence-corrected chi connectivity index (χ2v) is 7.77. The van der Waals surface area contributed by atoms with Gasteiger partial charge in [-0.15, -0.1) is 0 Å². The van der Waals surface area contributed by atoms with Gasteiger partial charge in [-0.05, 0) is 48.3 Å². The van der Waals surface area contributed by atoms with E-state index in [2.05, 4.69) is 30.9 Å². The highest BCUT2D eigenvalue weighted by molar-refractivity contribution is 6.30. The first-order chi connectivity index (χ1) is 10.3. The van der Waals surface area contributed by atoms with Crippen LogP contribution in [-0.4, -0.2) is 23.9 Å². The van der Waals surface area contributed by atoms with Crippen LogP contribution in [0.15, 0.2) is 24.3 Å². The summed E-state index contributed by atoms with van der Waals surface area (Å²) in [7, 11) is 0. The number of amides is 1. The SMILES string of the molecule is CC(C)C(=O)N1CCCC(Cc2ccc(Cl)cc2)(C(C)C)C1. The first kappa shape index (κ1) is 17.3. The van der Waals surface area contributed by atoms with Crippen LogP contribution in [-0.2, 0) is 11.2 Å². The van der Waals surface area contributed by atoms with Gasteiger partial charge < -0.3 is 4.90 Å². The average molecular weight is 322 g/mol. The van der Waals surface area contributed by atoms with Crippen LogP contribution >= 0.6 is 11.6 Å². The summed E-state index contributed by atoms with van der Waals surface area (Å²) in [6.45, 7) is 10.4. The summed E-state index contributed by atoms with van der Waals surface area (Å²) in [6, 6.07) is 8.17. The molecule has 1 aromatic carbocycles. The summed E-state index contributed by atoms with van der Waals surface area (Å²) in [4.78, 5) is 14.5. The fourth-order valence-corrected chi connectivity index (χ4v) is 3.67. The Labute approximate surface area is 139 Å². The lowest BCUT2D eigenvalue weighted by Crippen LogP contribution is -2.50. The summed E-state index contributed by atoms with van der Waals surface area (Å²) in [5, 5.41) is 0.780. The van der Waals surface area contributed by atoms with Gasteiger partial charge in [0.05, 0.1) is 0 Å². The molecule has 0 aliphatic carbocycles. The van der Waals surface area contributed by atoms with Gasteiger partial charge in [-0.3, -0.25) is 4.79 Å². The Hall–Kier alpha value is -1.02. The van der Waals surface area contributed by atoms with Gasteiger partial charge in [-0.25, -0.2) is 0 Å². The zero-order valence-corrected chi connectivity index (χ0v) is 15.0. The number of hydrogen-bond acceptors (Lipinski definition) is 1. The standard InChI is InChI=1S/C19H28ClNO/c1-14(2)18(22)21-11-5-10-19(13-21,15(3)4)12-16-6-8-17(20)9-7-16/h6-9,14-15H,5,10-13H2,1-4H3. The zero-order valence-electron chi connectivity index (χ0n) is 14.2. The Morgan fingerprint density at radius 1 is 1.23 bits per heavy atom. The van der Waals surface area contributed by atoms with Gasteiger partial charge in [-0.2, -0.15) is 0 Å². The number of rotatable bonds is 4. The topological polar surface area (TPSA) is 20.3 Å². The average Bonchev–Trinajstić information content (AvgIpc) is 2.49. The Morgan fingerprint density at radius 2 is 1.86 bits per heavy atom. The highest BCUT2D eigenvalue weighted by Gasteiger charge is 2.39. The van der Waals surface area contributed by atoms with E-state index < -0.39 is 0 Å². The van der Waals surface area contributed by atoms with Crippen molar-refractivity contribution in [3.63, 3.8) is 0 Å². The molecular formula is C19H28ClNO. The molecule has 0 saturated carbocycles. The molecule has 2 rings (SSSR count). The number of piperidine rings is 1. The smallest absolute Gasteiger partial charge is 0.225 e. The summed E-state index contributed by atoms with van der Waals surface area (Å²) in [5.74, 6) is 0.922. The lowest BCUT2D eigenvalue weighted by atomic mass is 9.67. The second kappa shape index (κ2) is 7.04. The number of likely N-dealkylation sites (tertiary alicyclic amines) is 1. The third-order valence-electron chi connectivity index (χ3n) is 5.11. The van der Waals surface area contributed by atoms with Crippen molar-refractivity contribution < 1.29 is 4.79 Å². The molecule has 1 aromatic rings. The first-order valence-corrected chi connectivity index (χ1v) is 8.75. The van der Waals surface area contributed by atoms with Crippen LogP contribution in [0, 0.1) is 17.3 Å². The van der Waals surface area contributed by atoms with E-state index in [9.17, 15) is 4.79 Å². The Kier molecular flexibility index (Phi) is 5.55. The molecule has 2 nitrogen and oxygen atoms in total. The lowest BCUT2D eigenvalue weighted by Gasteiger charge is -2.46. The maximum atomic E-state index is 12.4. The summed E-state index contributed by atoms with van der Waals surface area (Å²) in [5.41, 5.74) is 1.49. The number of nitrogens with zero attached hydrogens (tertiary/aromatic N) is 1. The normalized spacial score (nSPS) is 22.4. The number of hydrogen-bond donors (Lipinski definition) is 0. The van der Waals surface area contributed by atoms with Gasteiger partial charge >= 0.3 is 0 Å². The molecular weight excluding hydrogens is 294 g/mol. The molecule has 1 unspecified atom stereocenters. The van der Waals surface area contributed by atoms with Crippen molar-refractivity contribution >= 4 is 17.5 Å². The molecule has 0 radical (unpaired) electrons. The Balaban J connectivity index is 2.20. The van der Waals surface area contributed by atoms with Crippen LogP contribution in [0.1, 0.15) is 46.1 Å². The molecule has 0 spiro atoms. The van der Waals surface area contributed by atoms with E-state index in [0.717, 1.165) is 31.0 Å². The van der Waals surface area contributed by atoms with Crippen molar-refractivity contribution in [1.29, 1.82) is 0 Å². The maximum Gasteiger partial charge on any atom is 0.225 e. The lowest BCUT2D eigenvalue weighted by molar-refractivity contribution is -0.139. The van der Waals surface area contributed by atoms with Crippen molar-refractivity contribution in [2.75, 3.05) is 13.1 Å². The third kappa shape index (κ3) is 3.84. The molecule has 1 heterocycles. The van der Waals surface area contributed by atoms with Crippen LogP contribution < -0.4 is 0 Å². The minimum Gasteiger partial charge on any atom is -0.342 e. The van der Waals surface area contributed by atoms with Crippen LogP contribution in [0.4, 0.5) is 0 Å². The van der Waals surface area contributed by atoms with Gasteiger partial charge in [0.15, 0.2) is 0 Å². The summed E-state index contributed by atoms with van der Waals surface area (Å²) >= 11 is 6.00. The van der Waals surface area contributed by atoms with Gasteiger partial charge in [0.2, 0.25) is 5.91 Å². The predicted octanol–water partition coefficient (Wildman–Crippen LogP) is 4.80. The molecule has 1 fully saturated rings. The van der Waals surface area contributed by atoms with E-state index in [4.69, 9.17) is 11.6 Å². The quantitative estimate of drug-likeness (QED) is 0.779. The second-order valence-electron chi connectivity index (χ2n) is 7.34. The summed E-state index contributed by atoms with van der Waals surface area (Å²) in [6.07, 6.45) is 3.31. The molecule has 122 valence electrons. The van der Waals surface area contributed by atoms with Gasteiger partial charge in [0.1, 0.15) is 0 Å². The number of carbonyl (C=O) groups excluding carboxylic acids is 1. The number of benzene rings is 1. The van der Waals surface area contributed by atoms with E-state index in [1.807, 2.05) is 26.0 Å². The summed E-state index contributed by atoms with van der Waals surface area (Å²) < 4.78 is 0. The molecule has 0 N–H and O–H groups in total. The van der Waals surface area contributed by atoms with E-state index in [1.165, 1.54) is 12.0 Å². The molecule has 22 heavy (non-hydrogen) atoms. The predicted molar refractivity (Wildman–Crippen MR) is 93.1 cm³/mol. The minimum atomic E-state index is 0.0819. The van der Waals surface area contributed by atoms with Crippen molar-refractivity contribution in [2.45, 2.75) is 47.0 Å². The molecule has 1 saturated heterocycles. The van der Waals surface area contributed by atoms with Gasteiger partial charge in [0, 0.05) is 24.0 Å². The van der Waals surface area contributed by atoms with Gasteiger partial charge in [-0.1, -0.05) is 51.4 Å². The largest absolute Gasteiger partial charge is 0.342 e. The Bertz CT molecular complexity index is 509. The first-order valence-electron chi connectivity index (χ1n) is 8.37. The van der Waals surface area contributed by atoms with Gasteiger partial charge in [0.25, 0.3) is 0 Å². The fourth-order valence-electron chi connectivity index (χ4n) is 3.54. The molecule has 1 atom stereocenters. The zero-order chi connectivity index (χ0) is 16.3. The molecule has 3 heteroatoms. The maximum absolute atomic E-state index is 12.4. The molecule has 1 aliphatic rings. The fraction of sp³-hybridized carbons (Fsp3) is 0.632. The van der Waals surface area contributed by atoms with Crippen LogP contribution in [0.2, 0.25) is 5.02 Å². The van der Waals surface area contributed by atoms with Crippen molar-refractivity contribution in [3.05, 3.63) is 34.9 Å². The Morgan fingerprint density at radius 3 is 2.41 bits per heavy atom. The van der Waals surface area contributed by atoms with E-state index in [1.54, 1.807) is 0 Å². The third-order valence-corrected chi connectivity index (χ3v) is 5.36. The van der Waals surface area contributed by atoms with Crippen molar-refractivity contribution in [2.24, 2.45) is 17.3 Å². The monoisotopic (exact) mass is 321 g/mol. The van der Waals surface area contributed by atoms with Crippen LogP contribution in [0.25, 0.3) is 0 Å². The van der Waals surface area contributed by atoms with Crippen LogP contribution in [0.5, 0.6) is 0 Å².